The molecular weight excluding hydrogens is 244 g/mol. The van der Waals surface area contributed by atoms with E-state index in [4.69, 9.17) is 10.5 Å². The Morgan fingerprint density at radius 1 is 1.39 bits per heavy atom. The highest BCUT2D eigenvalue weighted by Gasteiger charge is 2.12. The molecular formula is C14H18N2OS. The lowest BCUT2D eigenvalue weighted by Crippen LogP contribution is -1.99. The van der Waals surface area contributed by atoms with Crippen LogP contribution in [0, 0.1) is 0 Å². The number of aromatic nitrogens is 1. The van der Waals surface area contributed by atoms with Crippen molar-refractivity contribution in [2.45, 2.75) is 26.3 Å². The maximum Gasteiger partial charge on any atom is 0.122 e. The summed E-state index contributed by atoms with van der Waals surface area (Å²) in [6.07, 6.45) is 0. The Balaban J connectivity index is 2.50. The lowest BCUT2D eigenvalue weighted by molar-refractivity contribution is 0.407. The van der Waals surface area contributed by atoms with Crippen LogP contribution in [0.2, 0.25) is 0 Å². The van der Waals surface area contributed by atoms with E-state index in [1.54, 1.807) is 18.4 Å². The fourth-order valence-corrected chi connectivity index (χ4v) is 2.80. The monoisotopic (exact) mass is 262 g/mol. The topological polar surface area (TPSA) is 48.1 Å². The summed E-state index contributed by atoms with van der Waals surface area (Å²) in [5, 5.41) is 0. The van der Waals surface area contributed by atoms with Crippen molar-refractivity contribution in [2.75, 3.05) is 7.11 Å². The predicted octanol–water partition coefficient (Wildman–Crippen LogP) is 3.40. The Labute approximate surface area is 112 Å². The van der Waals surface area contributed by atoms with Crippen LogP contribution < -0.4 is 10.5 Å². The van der Waals surface area contributed by atoms with Gasteiger partial charge in [-0.3, -0.25) is 0 Å². The van der Waals surface area contributed by atoms with Crippen LogP contribution in [0.25, 0.3) is 10.4 Å². The molecule has 18 heavy (non-hydrogen) atoms. The van der Waals surface area contributed by atoms with Gasteiger partial charge in [0.25, 0.3) is 0 Å². The molecule has 1 heterocycles. The van der Waals surface area contributed by atoms with Crippen molar-refractivity contribution in [1.29, 1.82) is 0 Å². The van der Waals surface area contributed by atoms with E-state index in [1.807, 2.05) is 11.6 Å². The molecule has 0 aliphatic rings. The van der Waals surface area contributed by atoms with Crippen molar-refractivity contribution in [2.24, 2.45) is 5.73 Å². The molecule has 0 saturated carbocycles. The molecule has 2 aromatic rings. The summed E-state index contributed by atoms with van der Waals surface area (Å²) in [5.41, 5.74) is 10.9. The van der Waals surface area contributed by atoms with Gasteiger partial charge in [-0.15, -0.1) is 11.3 Å². The van der Waals surface area contributed by atoms with Gasteiger partial charge in [0.2, 0.25) is 0 Å². The van der Waals surface area contributed by atoms with Gasteiger partial charge < -0.3 is 10.5 Å². The van der Waals surface area contributed by atoms with Gasteiger partial charge >= 0.3 is 0 Å². The van der Waals surface area contributed by atoms with Crippen molar-refractivity contribution in [3.05, 3.63) is 35.0 Å². The molecule has 0 atom stereocenters. The maximum absolute atomic E-state index is 5.71. The highest BCUT2D eigenvalue weighted by molar-refractivity contribution is 7.13. The second-order valence-electron chi connectivity index (χ2n) is 4.44. The number of benzene rings is 1. The van der Waals surface area contributed by atoms with Gasteiger partial charge in [0.05, 0.1) is 23.2 Å². The first-order valence-corrected chi connectivity index (χ1v) is 6.86. The third kappa shape index (κ3) is 2.40. The van der Waals surface area contributed by atoms with Gasteiger partial charge in [-0.2, -0.15) is 0 Å². The zero-order chi connectivity index (χ0) is 13.1. The van der Waals surface area contributed by atoms with Crippen molar-refractivity contribution in [1.82, 2.24) is 4.98 Å². The van der Waals surface area contributed by atoms with Crippen LogP contribution in [0.15, 0.2) is 23.7 Å². The summed E-state index contributed by atoms with van der Waals surface area (Å²) in [5.74, 6) is 1.36. The number of ether oxygens (including phenoxy) is 1. The molecule has 4 heteroatoms. The average molecular weight is 262 g/mol. The van der Waals surface area contributed by atoms with Crippen LogP contribution in [-0.4, -0.2) is 12.1 Å². The zero-order valence-corrected chi connectivity index (χ0v) is 11.8. The standard InChI is InChI=1S/C14H18N2OS/c1-9(2)11-6-10(4-5-13(11)17-3)14-12(7-15)16-8-18-14/h4-6,8-9H,7,15H2,1-3H3. The number of nitrogens with zero attached hydrogens (tertiary/aromatic N) is 1. The molecule has 1 aromatic carbocycles. The minimum absolute atomic E-state index is 0.425. The van der Waals surface area contributed by atoms with Crippen LogP contribution in [-0.2, 0) is 6.54 Å². The minimum atomic E-state index is 0.425. The Bertz CT molecular complexity index is 534. The first-order chi connectivity index (χ1) is 8.67. The average Bonchev–Trinajstić information content (AvgIpc) is 2.86. The number of nitrogens with two attached hydrogens (primary N) is 1. The second kappa shape index (κ2) is 5.50. The van der Waals surface area contributed by atoms with E-state index in [1.165, 1.54) is 11.1 Å². The zero-order valence-electron chi connectivity index (χ0n) is 10.9. The molecule has 0 spiro atoms. The van der Waals surface area contributed by atoms with E-state index in [0.717, 1.165) is 16.3 Å². The minimum Gasteiger partial charge on any atom is -0.496 e. The van der Waals surface area contributed by atoms with Gasteiger partial charge in [0.1, 0.15) is 5.75 Å². The molecule has 96 valence electrons. The van der Waals surface area contributed by atoms with E-state index in [-0.39, 0.29) is 0 Å². The van der Waals surface area contributed by atoms with Crippen molar-refractivity contribution in [3.63, 3.8) is 0 Å². The van der Waals surface area contributed by atoms with Crippen LogP contribution in [0.5, 0.6) is 5.75 Å². The number of rotatable bonds is 4. The Morgan fingerprint density at radius 2 is 2.17 bits per heavy atom. The molecule has 0 aliphatic heterocycles. The fraction of sp³-hybridized carbons (Fsp3) is 0.357. The van der Waals surface area contributed by atoms with Crippen molar-refractivity contribution in [3.8, 4) is 16.2 Å². The normalized spacial score (nSPS) is 10.9. The molecule has 0 amide bonds. The molecule has 1 aromatic heterocycles. The van der Waals surface area contributed by atoms with Crippen molar-refractivity contribution >= 4 is 11.3 Å². The van der Waals surface area contributed by atoms with Gasteiger partial charge in [0.15, 0.2) is 0 Å². The first-order valence-electron chi connectivity index (χ1n) is 5.98. The van der Waals surface area contributed by atoms with Crippen LogP contribution >= 0.6 is 11.3 Å². The van der Waals surface area contributed by atoms with Gasteiger partial charge in [-0.05, 0) is 35.2 Å². The lowest BCUT2D eigenvalue weighted by Gasteiger charge is -2.13. The maximum atomic E-state index is 5.71. The number of thiazole rings is 1. The van der Waals surface area contributed by atoms with Crippen LogP contribution in [0.3, 0.4) is 0 Å². The summed E-state index contributed by atoms with van der Waals surface area (Å²) in [7, 11) is 1.71. The molecule has 0 radical (unpaired) electrons. The summed E-state index contributed by atoms with van der Waals surface area (Å²) in [6.45, 7) is 4.80. The molecule has 2 N–H and O–H groups in total. The first kappa shape index (κ1) is 13.1. The number of hydrogen-bond donors (Lipinski definition) is 1. The number of methoxy groups -OCH3 is 1. The fourth-order valence-electron chi connectivity index (χ4n) is 1.98. The Morgan fingerprint density at radius 3 is 2.78 bits per heavy atom. The Hall–Kier alpha value is -1.39. The highest BCUT2D eigenvalue weighted by atomic mass is 32.1. The molecule has 0 aliphatic carbocycles. The van der Waals surface area contributed by atoms with Gasteiger partial charge in [-0.1, -0.05) is 13.8 Å². The molecule has 0 fully saturated rings. The van der Waals surface area contributed by atoms with E-state index in [2.05, 4.69) is 31.0 Å². The second-order valence-corrected chi connectivity index (χ2v) is 5.30. The lowest BCUT2D eigenvalue weighted by atomic mass is 9.98. The smallest absolute Gasteiger partial charge is 0.122 e. The SMILES string of the molecule is COc1ccc(-c2scnc2CN)cc1C(C)C. The third-order valence-electron chi connectivity index (χ3n) is 2.95. The van der Waals surface area contributed by atoms with E-state index < -0.39 is 0 Å². The highest BCUT2D eigenvalue weighted by Crippen LogP contribution is 2.34. The van der Waals surface area contributed by atoms with Crippen LogP contribution in [0.4, 0.5) is 0 Å². The largest absolute Gasteiger partial charge is 0.496 e. The van der Waals surface area contributed by atoms with Gasteiger partial charge in [-0.25, -0.2) is 4.98 Å². The quantitative estimate of drug-likeness (QED) is 0.918. The third-order valence-corrected chi connectivity index (χ3v) is 3.87. The molecule has 3 nitrogen and oxygen atoms in total. The summed E-state index contributed by atoms with van der Waals surface area (Å²) in [6, 6.07) is 6.26. The summed E-state index contributed by atoms with van der Waals surface area (Å²) >= 11 is 1.63. The molecule has 2 rings (SSSR count). The van der Waals surface area contributed by atoms with Crippen LogP contribution in [0.1, 0.15) is 31.0 Å². The Kier molecular flexibility index (Phi) is 3.99. The molecule has 0 saturated heterocycles. The number of hydrogen-bond acceptors (Lipinski definition) is 4. The van der Waals surface area contributed by atoms with E-state index in [0.29, 0.717) is 12.5 Å². The van der Waals surface area contributed by atoms with E-state index in [9.17, 15) is 0 Å². The predicted molar refractivity (Wildman–Crippen MR) is 76.1 cm³/mol. The van der Waals surface area contributed by atoms with E-state index >= 15 is 0 Å². The summed E-state index contributed by atoms with van der Waals surface area (Å²) in [4.78, 5) is 5.45. The molecule has 0 bridgehead atoms. The van der Waals surface area contributed by atoms with Gasteiger partial charge in [0, 0.05) is 6.54 Å². The molecule has 0 unspecified atom stereocenters. The summed E-state index contributed by atoms with van der Waals surface area (Å²) < 4.78 is 5.40. The van der Waals surface area contributed by atoms with Crippen molar-refractivity contribution < 1.29 is 4.74 Å².